The minimum atomic E-state index is -2.10. The summed E-state index contributed by atoms with van der Waals surface area (Å²) in [5, 5.41) is 0.154. The van der Waals surface area contributed by atoms with Crippen LogP contribution in [0.4, 0.5) is 0 Å². The molecule has 0 spiro atoms. The van der Waals surface area contributed by atoms with Gasteiger partial charge in [-0.2, -0.15) is 0 Å². The lowest BCUT2D eigenvalue weighted by atomic mass is 10.2. The molecule has 0 aliphatic carbocycles. The molecule has 0 saturated carbocycles. The molecule has 0 radical (unpaired) electrons. The Hall–Kier alpha value is -1.08. The summed E-state index contributed by atoms with van der Waals surface area (Å²) in [6, 6.07) is 7.36. The molecule has 0 aliphatic rings. The second-order valence-corrected chi connectivity index (χ2v) is 19.0. The van der Waals surface area contributed by atoms with E-state index in [4.69, 9.17) is 8.85 Å². The molecule has 0 heterocycles. The molecule has 0 aromatic heterocycles. The van der Waals surface area contributed by atoms with Crippen LogP contribution in [0, 0.1) is 0 Å². The Balaban J connectivity index is 2.87. The van der Waals surface area contributed by atoms with Gasteiger partial charge >= 0.3 is 5.97 Å². The van der Waals surface area contributed by atoms with Crippen LogP contribution in [-0.4, -0.2) is 22.6 Å². The molecule has 3 nitrogen and oxygen atoms in total. The Morgan fingerprint density at radius 1 is 0.792 bits per heavy atom. The summed E-state index contributed by atoms with van der Waals surface area (Å²) in [4.78, 5) is 12.4. The molecule has 1 rings (SSSR count). The quantitative estimate of drug-likeness (QED) is 0.592. The first-order chi connectivity index (χ1) is 10.6. The summed E-state index contributed by atoms with van der Waals surface area (Å²) in [7, 11) is -3.96. The summed E-state index contributed by atoms with van der Waals surface area (Å²) in [5.74, 6) is 0.589. The van der Waals surface area contributed by atoms with Crippen LogP contribution in [0.3, 0.4) is 0 Å². The van der Waals surface area contributed by atoms with Crippen LogP contribution in [0.2, 0.25) is 36.3 Å². The van der Waals surface area contributed by atoms with E-state index in [1.165, 1.54) is 0 Å². The van der Waals surface area contributed by atoms with Gasteiger partial charge in [-0.15, -0.1) is 0 Å². The van der Waals surface area contributed by atoms with Gasteiger partial charge in [-0.1, -0.05) is 41.5 Å². The Labute approximate surface area is 150 Å². The van der Waals surface area contributed by atoms with Crippen LogP contribution < -0.4 is 4.43 Å². The number of hydrogen-bond acceptors (Lipinski definition) is 3. The summed E-state index contributed by atoms with van der Waals surface area (Å²) >= 11 is 0. The smallest absolute Gasteiger partial charge is 0.324 e. The van der Waals surface area contributed by atoms with Crippen molar-refractivity contribution >= 4 is 22.6 Å². The maximum Gasteiger partial charge on any atom is 0.324 e. The number of carbonyl (C=O) groups excluding carboxylic acids is 1. The molecule has 0 fully saturated rings. The predicted octanol–water partition coefficient (Wildman–Crippen LogP) is 6.23. The maximum atomic E-state index is 12.4. The molecule has 0 aliphatic heterocycles. The van der Waals surface area contributed by atoms with Gasteiger partial charge in [0.05, 0.1) is 5.56 Å². The first-order valence-electron chi connectivity index (χ1n) is 8.59. The van der Waals surface area contributed by atoms with E-state index in [2.05, 4.69) is 67.7 Å². The zero-order chi connectivity index (χ0) is 19.0. The van der Waals surface area contributed by atoms with E-state index < -0.39 is 16.6 Å². The number of hydrogen-bond donors (Lipinski definition) is 0. The molecule has 0 saturated heterocycles. The fourth-order valence-corrected chi connectivity index (χ4v) is 3.47. The summed E-state index contributed by atoms with van der Waals surface area (Å²) in [5.41, 5.74) is 0.586. The third-order valence-corrected chi connectivity index (χ3v) is 14.1. The number of carbonyl (C=O) groups is 1. The van der Waals surface area contributed by atoms with E-state index in [-0.39, 0.29) is 16.0 Å². The topological polar surface area (TPSA) is 35.5 Å². The van der Waals surface area contributed by atoms with Crippen LogP contribution >= 0.6 is 0 Å². The zero-order valence-electron chi connectivity index (χ0n) is 17.0. The molecule has 0 amide bonds. The first kappa shape index (κ1) is 21.0. The standard InChI is InChI=1S/C19H34O3Si2/c1-18(2,3)23(7,8)21-16-13-11-15(12-14-16)17(20)22-24(9,10)19(4,5)6/h11-14H,1-10H3. The van der Waals surface area contributed by atoms with Crippen molar-refractivity contribution in [3.05, 3.63) is 29.8 Å². The second kappa shape index (κ2) is 6.67. The van der Waals surface area contributed by atoms with Gasteiger partial charge in [0.15, 0.2) is 0 Å². The number of benzene rings is 1. The van der Waals surface area contributed by atoms with Crippen molar-refractivity contribution in [2.45, 2.75) is 77.8 Å². The van der Waals surface area contributed by atoms with E-state index in [0.717, 1.165) is 5.75 Å². The van der Waals surface area contributed by atoms with E-state index >= 15 is 0 Å². The van der Waals surface area contributed by atoms with Crippen LogP contribution in [0.25, 0.3) is 0 Å². The molecule has 0 atom stereocenters. The van der Waals surface area contributed by atoms with Crippen molar-refractivity contribution in [2.24, 2.45) is 0 Å². The fraction of sp³-hybridized carbons (Fsp3) is 0.632. The molecule has 1 aromatic rings. The van der Waals surface area contributed by atoms with E-state index in [1.807, 2.05) is 12.1 Å². The molecule has 24 heavy (non-hydrogen) atoms. The first-order valence-corrected chi connectivity index (χ1v) is 14.4. The van der Waals surface area contributed by atoms with Gasteiger partial charge in [-0.3, -0.25) is 0 Å². The lowest BCUT2D eigenvalue weighted by Crippen LogP contribution is -2.43. The average molecular weight is 367 g/mol. The minimum Gasteiger partial charge on any atom is -0.544 e. The Kier molecular flexibility index (Phi) is 5.83. The molecule has 136 valence electrons. The monoisotopic (exact) mass is 366 g/mol. The molecule has 0 bridgehead atoms. The SMILES string of the molecule is CC(C)(C)[Si](C)(C)OC(=O)c1ccc(O[Si](C)(C)C(C)(C)C)cc1. The number of rotatable bonds is 4. The molecular weight excluding hydrogens is 332 g/mol. The molecule has 0 unspecified atom stereocenters. The highest BCUT2D eigenvalue weighted by Crippen LogP contribution is 2.38. The summed E-state index contributed by atoms with van der Waals surface area (Å²) < 4.78 is 12.1. The minimum absolute atomic E-state index is 0.00798. The van der Waals surface area contributed by atoms with Crippen LogP contribution in [0.1, 0.15) is 51.9 Å². The van der Waals surface area contributed by atoms with Crippen molar-refractivity contribution in [1.29, 1.82) is 0 Å². The second-order valence-electron chi connectivity index (χ2n) is 9.54. The van der Waals surface area contributed by atoms with Gasteiger partial charge in [0.1, 0.15) is 5.75 Å². The molecule has 5 heteroatoms. The highest BCUT2D eigenvalue weighted by Gasteiger charge is 2.41. The van der Waals surface area contributed by atoms with Crippen LogP contribution in [0.15, 0.2) is 24.3 Å². The van der Waals surface area contributed by atoms with Crippen molar-refractivity contribution in [3.8, 4) is 5.75 Å². The van der Waals surface area contributed by atoms with Gasteiger partial charge in [-0.25, -0.2) is 4.79 Å². The van der Waals surface area contributed by atoms with Crippen molar-refractivity contribution in [2.75, 3.05) is 0 Å². The molecule has 1 aromatic carbocycles. The van der Waals surface area contributed by atoms with E-state index in [1.54, 1.807) is 12.1 Å². The van der Waals surface area contributed by atoms with Crippen molar-refractivity contribution < 1.29 is 13.6 Å². The third kappa shape index (κ3) is 4.96. The maximum absolute atomic E-state index is 12.4. The van der Waals surface area contributed by atoms with Gasteiger partial charge in [0.25, 0.3) is 8.32 Å². The van der Waals surface area contributed by atoms with Gasteiger partial charge < -0.3 is 8.85 Å². The Morgan fingerprint density at radius 2 is 1.21 bits per heavy atom. The highest BCUT2D eigenvalue weighted by atomic mass is 28.4. The predicted molar refractivity (Wildman–Crippen MR) is 107 cm³/mol. The largest absolute Gasteiger partial charge is 0.544 e. The third-order valence-electron chi connectivity index (χ3n) is 5.42. The van der Waals surface area contributed by atoms with Gasteiger partial charge in [0, 0.05) is 0 Å². The lowest BCUT2D eigenvalue weighted by Gasteiger charge is -2.36. The van der Waals surface area contributed by atoms with E-state index in [0.29, 0.717) is 5.56 Å². The molecular formula is C19H34O3Si2. The van der Waals surface area contributed by atoms with E-state index in [9.17, 15) is 4.79 Å². The summed E-state index contributed by atoms with van der Waals surface area (Å²) in [6.07, 6.45) is 0. The lowest BCUT2D eigenvalue weighted by molar-refractivity contribution is 0.0712. The Morgan fingerprint density at radius 3 is 1.58 bits per heavy atom. The van der Waals surface area contributed by atoms with Crippen LogP contribution in [0.5, 0.6) is 5.75 Å². The Bertz CT molecular complexity index is 576. The zero-order valence-corrected chi connectivity index (χ0v) is 19.0. The normalized spacial score (nSPS) is 13.6. The van der Waals surface area contributed by atoms with Gasteiger partial charge in [0.2, 0.25) is 8.32 Å². The average Bonchev–Trinajstić information content (AvgIpc) is 2.35. The van der Waals surface area contributed by atoms with Crippen LogP contribution in [-0.2, 0) is 4.43 Å². The molecule has 0 N–H and O–H groups in total. The fourth-order valence-electron chi connectivity index (χ4n) is 1.55. The van der Waals surface area contributed by atoms with Gasteiger partial charge in [-0.05, 0) is 60.5 Å². The highest BCUT2D eigenvalue weighted by molar-refractivity contribution is 6.75. The van der Waals surface area contributed by atoms with Crippen molar-refractivity contribution in [3.63, 3.8) is 0 Å². The van der Waals surface area contributed by atoms with Crippen molar-refractivity contribution in [1.82, 2.24) is 0 Å². The summed E-state index contributed by atoms with van der Waals surface area (Å²) in [6.45, 7) is 21.6.